The number of sulfonamides is 1. The highest BCUT2D eigenvalue weighted by molar-refractivity contribution is 7.89. The van der Waals surface area contributed by atoms with Crippen molar-refractivity contribution < 1.29 is 27.5 Å². The zero-order valence-corrected chi connectivity index (χ0v) is 15.2. The van der Waals surface area contributed by atoms with Gasteiger partial charge < -0.3 is 9.47 Å². The second kappa shape index (κ2) is 7.75. The van der Waals surface area contributed by atoms with E-state index < -0.39 is 10.0 Å². The molecule has 0 amide bonds. The van der Waals surface area contributed by atoms with Gasteiger partial charge in [0.15, 0.2) is 0 Å². The molecule has 0 unspecified atom stereocenters. The third-order valence-corrected chi connectivity index (χ3v) is 6.06. The van der Waals surface area contributed by atoms with Crippen LogP contribution in [0.4, 0.5) is 0 Å². The average molecular weight is 381 g/mol. The van der Waals surface area contributed by atoms with Crippen LogP contribution in [0.5, 0.6) is 5.75 Å². The van der Waals surface area contributed by atoms with Gasteiger partial charge in [-0.1, -0.05) is 6.42 Å². The zero-order chi connectivity index (χ0) is 18.7. The summed E-state index contributed by atoms with van der Waals surface area (Å²) < 4.78 is 33.1. The van der Waals surface area contributed by atoms with Crippen LogP contribution >= 0.6 is 0 Å². The molecule has 8 heteroatoms. The van der Waals surface area contributed by atoms with Gasteiger partial charge in [-0.05, 0) is 49.9 Å². The molecule has 0 radical (unpaired) electrons. The minimum atomic E-state index is -3.73. The zero-order valence-electron chi connectivity index (χ0n) is 14.4. The molecule has 1 aromatic rings. The summed E-state index contributed by atoms with van der Waals surface area (Å²) in [5, 5.41) is 5.03. The summed E-state index contributed by atoms with van der Waals surface area (Å²) in [5.41, 5.74) is 0. The highest BCUT2D eigenvalue weighted by Crippen LogP contribution is 2.40. The Balaban J connectivity index is 1.42. The maximum Gasteiger partial charge on any atom is 0.309 e. The van der Waals surface area contributed by atoms with Crippen molar-refractivity contribution in [2.24, 2.45) is 22.9 Å². The highest BCUT2D eigenvalue weighted by atomic mass is 32.2. The molecule has 2 aliphatic carbocycles. The number of benzene rings is 1. The van der Waals surface area contributed by atoms with E-state index in [4.69, 9.17) is 14.6 Å². The number of carbonyl (C=O) groups excluding carboxylic acids is 2. The molecule has 0 aliphatic heterocycles. The van der Waals surface area contributed by atoms with E-state index in [0.717, 1.165) is 19.3 Å². The molecule has 0 spiro atoms. The minimum Gasteiger partial charge on any atom is -0.490 e. The lowest BCUT2D eigenvalue weighted by molar-refractivity contribution is -0.154. The first-order valence-corrected chi connectivity index (χ1v) is 10.4. The molecule has 7 nitrogen and oxygen atoms in total. The predicted octanol–water partition coefficient (Wildman–Crippen LogP) is 1.65. The van der Waals surface area contributed by atoms with Crippen LogP contribution in [-0.2, 0) is 24.3 Å². The number of ether oxygens (including phenoxy) is 2. The van der Waals surface area contributed by atoms with Gasteiger partial charge in [0.1, 0.15) is 24.7 Å². The van der Waals surface area contributed by atoms with Crippen molar-refractivity contribution in [2.45, 2.75) is 37.0 Å². The first kappa shape index (κ1) is 18.8. The maximum absolute atomic E-state index is 12.2. The molecule has 3 rings (SSSR count). The Morgan fingerprint density at radius 1 is 1.08 bits per heavy atom. The van der Waals surface area contributed by atoms with Crippen LogP contribution in [0.3, 0.4) is 0 Å². The Kier molecular flexibility index (Phi) is 5.62. The molecule has 0 saturated heterocycles. The van der Waals surface area contributed by atoms with E-state index in [1.54, 1.807) is 0 Å². The van der Waals surface area contributed by atoms with Gasteiger partial charge in [-0.25, -0.2) is 13.6 Å². The van der Waals surface area contributed by atoms with Crippen molar-refractivity contribution in [2.75, 3.05) is 13.2 Å². The molecule has 2 aliphatic rings. The Hall–Kier alpha value is -1.93. The summed E-state index contributed by atoms with van der Waals surface area (Å²) >= 11 is 0. The Labute approximate surface area is 152 Å². The summed E-state index contributed by atoms with van der Waals surface area (Å²) in [5.74, 6) is 0.375. The van der Waals surface area contributed by atoms with E-state index >= 15 is 0 Å². The number of hydrogen-bond donors (Lipinski definition) is 1. The molecule has 2 N–H and O–H groups in total. The molecule has 26 heavy (non-hydrogen) atoms. The van der Waals surface area contributed by atoms with E-state index in [1.807, 2.05) is 0 Å². The number of esters is 1. The Morgan fingerprint density at radius 3 is 2.27 bits per heavy atom. The third kappa shape index (κ3) is 4.42. The van der Waals surface area contributed by atoms with E-state index in [-0.39, 0.29) is 41.8 Å². The molecular weight excluding hydrogens is 358 g/mol. The highest BCUT2D eigenvalue weighted by Gasteiger charge is 2.41. The fourth-order valence-corrected chi connectivity index (χ4v) is 4.33. The smallest absolute Gasteiger partial charge is 0.309 e. The summed E-state index contributed by atoms with van der Waals surface area (Å²) in [6.07, 6.45) is 4.04. The molecule has 2 atom stereocenters. The Morgan fingerprint density at radius 2 is 1.69 bits per heavy atom. The number of hydrogen-bond acceptors (Lipinski definition) is 6. The quantitative estimate of drug-likeness (QED) is 0.592. The molecule has 2 saturated carbocycles. The normalized spacial score (nSPS) is 25.6. The molecular formula is C18H23NO6S. The summed E-state index contributed by atoms with van der Waals surface area (Å²) in [7, 11) is -3.73. The van der Waals surface area contributed by atoms with Crippen LogP contribution in [0.15, 0.2) is 29.2 Å². The monoisotopic (exact) mass is 381 g/mol. The predicted molar refractivity (Wildman–Crippen MR) is 92.8 cm³/mol. The number of rotatable bonds is 6. The third-order valence-electron chi connectivity index (χ3n) is 5.13. The number of nitrogens with two attached hydrogens (primary N) is 1. The molecule has 2 fully saturated rings. The van der Waals surface area contributed by atoms with Crippen LogP contribution in [0.2, 0.25) is 0 Å². The number of Topliss-reactive ketones (excluding diaryl/α,β-unsaturated/α-hetero) is 1. The lowest BCUT2D eigenvalue weighted by Gasteiger charge is -2.36. The second-order valence-corrected chi connectivity index (χ2v) is 8.49. The lowest BCUT2D eigenvalue weighted by atomic mass is 9.67. The molecule has 0 heterocycles. The first-order chi connectivity index (χ1) is 12.3. The molecule has 1 aromatic carbocycles. The summed E-state index contributed by atoms with van der Waals surface area (Å²) in [6, 6.07) is 5.70. The Bertz CT molecular complexity index is 757. The van der Waals surface area contributed by atoms with Gasteiger partial charge in [0.2, 0.25) is 10.0 Å². The molecule has 0 aromatic heterocycles. The number of fused-ring (bicyclic) bond motifs is 2. The van der Waals surface area contributed by atoms with Gasteiger partial charge in [-0.15, -0.1) is 0 Å². The topological polar surface area (TPSA) is 113 Å². The largest absolute Gasteiger partial charge is 0.490 e. The van der Waals surface area contributed by atoms with E-state index in [0.29, 0.717) is 24.4 Å². The first-order valence-electron chi connectivity index (χ1n) is 8.80. The van der Waals surface area contributed by atoms with E-state index in [9.17, 15) is 18.0 Å². The van der Waals surface area contributed by atoms with Crippen LogP contribution in [0, 0.1) is 17.8 Å². The number of primary sulfonamides is 1. The standard InChI is InChI=1S/C18H23NO6S/c19-26(22,23)16-6-4-15(5-7-16)24-8-9-25-18(21)14-10-12-2-1-3-13(11-14)17(12)20/h4-7,12-14H,1-3,8-11H2,(H2,19,22,23)/t12-,13-/m1/s1. The summed E-state index contributed by atoms with van der Waals surface area (Å²) in [4.78, 5) is 24.3. The van der Waals surface area contributed by atoms with Crippen molar-refractivity contribution in [1.82, 2.24) is 0 Å². The second-order valence-electron chi connectivity index (χ2n) is 6.93. The fourth-order valence-electron chi connectivity index (χ4n) is 3.82. The van der Waals surface area contributed by atoms with Gasteiger partial charge in [-0.3, -0.25) is 9.59 Å². The van der Waals surface area contributed by atoms with Crippen molar-refractivity contribution >= 4 is 21.8 Å². The maximum atomic E-state index is 12.2. The SMILES string of the molecule is NS(=O)(=O)c1ccc(OCCOC(=O)C2C[C@H]3CCC[C@H](C2)C3=O)cc1. The minimum absolute atomic E-state index is 0.00803. The molecule has 2 bridgehead atoms. The summed E-state index contributed by atoms with van der Waals surface area (Å²) in [6.45, 7) is 0.272. The van der Waals surface area contributed by atoms with Crippen LogP contribution in [0.1, 0.15) is 32.1 Å². The lowest BCUT2D eigenvalue weighted by Crippen LogP contribution is -2.39. The average Bonchev–Trinajstić information content (AvgIpc) is 2.58. The van der Waals surface area contributed by atoms with Gasteiger partial charge in [0.05, 0.1) is 10.8 Å². The van der Waals surface area contributed by atoms with Crippen molar-refractivity contribution in [3.63, 3.8) is 0 Å². The van der Waals surface area contributed by atoms with E-state index in [2.05, 4.69) is 0 Å². The van der Waals surface area contributed by atoms with Crippen LogP contribution < -0.4 is 9.88 Å². The van der Waals surface area contributed by atoms with Crippen molar-refractivity contribution in [3.8, 4) is 5.75 Å². The van der Waals surface area contributed by atoms with Gasteiger partial charge >= 0.3 is 5.97 Å². The van der Waals surface area contributed by atoms with E-state index in [1.165, 1.54) is 24.3 Å². The van der Waals surface area contributed by atoms with Gasteiger partial charge in [0.25, 0.3) is 0 Å². The van der Waals surface area contributed by atoms with Crippen molar-refractivity contribution in [3.05, 3.63) is 24.3 Å². The number of ketones is 1. The van der Waals surface area contributed by atoms with Gasteiger partial charge in [-0.2, -0.15) is 0 Å². The van der Waals surface area contributed by atoms with Gasteiger partial charge in [0, 0.05) is 11.8 Å². The fraction of sp³-hybridized carbons (Fsp3) is 0.556. The van der Waals surface area contributed by atoms with Crippen LogP contribution in [0.25, 0.3) is 0 Å². The van der Waals surface area contributed by atoms with Crippen LogP contribution in [-0.4, -0.2) is 33.4 Å². The molecule has 142 valence electrons. The van der Waals surface area contributed by atoms with Crippen molar-refractivity contribution in [1.29, 1.82) is 0 Å². The number of carbonyl (C=O) groups is 2.